The van der Waals surface area contributed by atoms with Crippen LogP contribution in [0.2, 0.25) is 0 Å². The van der Waals surface area contributed by atoms with Crippen molar-refractivity contribution in [2.45, 2.75) is 0 Å². The molecular weight excluding hydrogens is 753 g/mol. The maximum atomic E-state index is 6.74. The molecule has 282 valence electrons. The summed E-state index contributed by atoms with van der Waals surface area (Å²) in [7, 11) is 0. The number of anilines is 3. The summed E-state index contributed by atoms with van der Waals surface area (Å²) in [5.41, 5.74) is 13.8. The van der Waals surface area contributed by atoms with Gasteiger partial charge in [-0.25, -0.2) is 4.98 Å². The van der Waals surface area contributed by atoms with Crippen LogP contribution < -0.4 is 4.90 Å². The van der Waals surface area contributed by atoms with Crippen molar-refractivity contribution in [1.82, 2.24) is 4.98 Å². The molecule has 60 heavy (non-hydrogen) atoms. The molecule has 0 atom stereocenters. The highest BCUT2D eigenvalue weighted by Gasteiger charge is 2.22. The monoisotopic (exact) mass is 786 g/mol. The van der Waals surface area contributed by atoms with Gasteiger partial charge in [-0.15, -0.1) is 11.3 Å². The van der Waals surface area contributed by atoms with E-state index in [0.717, 1.165) is 72.4 Å². The maximum absolute atomic E-state index is 6.74. The number of rotatable bonds is 7. The van der Waals surface area contributed by atoms with Crippen LogP contribution in [0.5, 0.6) is 0 Å². The van der Waals surface area contributed by atoms with E-state index in [1.807, 2.05) is 59.9 Å². The highest BCUT2D eigenvalue weighted by molar-refractivity contribution is 7.26. The summed E-state index contributed by atoms with van der Waals surface area (Å²) in [6.07, 6.45) is 0. The van der Waals surface area contributed by atoms with E-state index in [4.69, 9.17) is 13.8 Å². The van der Waals surface area contributed by atoms with Crippen molar-refractivity contribution in [3.63, 3.8) is 0 Å². The number of oxazole rings is 1. The fourth-order valence-electron chi connectivity index (χ4n) is 8.68. The average molecular weight is 787 g/mol. The highest BCUT2D eigenvalue weighted by Crippen LogP contribution is 2.45. The van der Waals surface area contributed by atoms with Crippen molar-refractivity contribution < 1.29 is 8.83 Å². The van der Waals surface area contributed by atoms with Gasteiger partial charge in [-0.2, -0.15) is 0 Å². The topological polar surface area (TPSA) is 42.4 Å². The van der Waals surface area contributed by atoms with Gasteiger partial charge in [-0.05, 0) is 94.5 Å². The Bertz CT molecular complexity index is 3550. The summed E-state index contributed by atoms with van der Waals surface area (Å²) in [6.45, 7) is 0. The van der Waals surface area contributed by atoms with Crippen molar-refractivity contribution in [2.75, 3.05) is 4.90 Å². The van der Waals surface area contributed by atoms with Crippen LogP contribution in [0.1, 0.15) is 0 Å². The van der Waals surface area contributed by atoms with E-state index in [1.165, 1.54) is 36.9 Å². The molecule has 0 aliphatic carbocycles. The third-order valence-electron chi connectivity index (χ3n) is 11.5. The Morgan fingerprint density at radius 2 is 1.03 bits per heavy atom. The Balaban J connectivity index is 1.03. The highest BCUT2D eigenvalue weighted by atomic mass is 32.1. The number of hydrogen-bond acceptors (Lipinski definition) is 5. The molecule has 0 fully saturated rings. The van der Waals surface area contributed by atoms with Gasteiger partial charge < -0.3 is 13.7 Å². The Morgan fingerprint density at radius 1 is 0.400 bits per heavy atom. The minimum absolute atomic E-state index is 0.576. The lowest BCUT2D eigenvalue weighted by Gasteiger charge is -2.27. The summed E-state index contributed by atoms with van der Waals surface area (Å²) in [5, 5.41) is 4.57. The van der Waals surface area contributed by atoms with Crippen molar-refractivity contribution >= 4 is 81.6 Å². The largest absolute Gasteiger partial charge is 0.456 e. The maximum Gasteiger partial charge on any atom is 0.227 e. The molecule has 4 nitrogen and oxygen atoms in total. The van der Waals surface area contributed by atoms with Crippen molar-refractivity contribution in [3.8, 4) is 44.8 Å². The second-order valence-electron chi connectivity index (χ2n) is 15.1. The lowest BCUT2D eigenvalue weighted by atomic mass is 9.99. The van der Waals surface area contributed by atoms with Crippen LogP contribution in [0.4, 0.5) is 17.1 Å². The molecule has 0 radical (unpaired) electrons. The van der Waals surface area contributed by atoms with E-state index < -0.39 is 0 Å². The minimum Gasteiger partial charge on any atom is -0.456 e. The quantitative estimate of drug-likeness (QED) is 0.161. The molecule has 3 aromatic heterocycles. The van der Waals surface area contributed by atoms with Crippen LogP contribution >= 0.6 is 11.3 Å². The molecule has 0 aliphatic rings. The first-order valence-corrected chi connectivity index (χ1v) is 20.9. The molecule has 12 aromatic rings. The van der Waals surface area contributed by atoms with Gasteiger partial charge in [0.25, 0.3) is 0 Å². The van der Waals surface area contributed by atoms with E-state index >= 15 is 0 Å². The van der Waals surface area contributed by atoms with E-state index in [-0.39, 0.29) is 0 Å². The minimum atomic E-state index is 0.576. The lowest BCUT2D eigenvalue weighted by Crippen LogP contribution is -2.10. The molecule has 0 bridgehead atoms. The van der Waals surface area contributed by atoms with Crippen LogP contribution in [-0.2, 0) is 0 Å². The fraction of sp³-hybridized carbons (Fsp3) is 0. The predicted octanol–water partition coefficient (Wildman–Crippen LogP) is 16.2. The van der Waals surface area contributed by atoms with Gasteiger partial charge in [-0.1, -0.05) is 140 Å². The number of fused-ring (bicyclic) bond motifs is 8. The smallest absolute Gasteiger partial charge is 0.227 e. The molecule has 12 rings (SSSR count). The Labute approximate surface area is 349 Å². The molecule has 0 saturated heterocycles. The standard InChI is InChI=1S/C55H34N2O2S/c1-3-14-35(15-4-1)38-18-11-20-41(32-38)57(40-30-28-36(29-31-40)43-24-13-25-45-44-22-8-10-27-50(44)60-54(43)45)42-21-12-19-39(33-42)47-34-49-51(46-23-7-9-26-48(46)58-49)52-53(47)59-55(56-52)37-16-5-2-6-17-37/h1-34H. The van der Waals surface area contributed by atoms with Gasteiger partial charge in [-0.3, -0.25) is 0 Å². The summed E-state index contributed by atoms with van der Waals surface area (Å²) < 4.78 is 15.9. The zero-order chi connectivity index (χ0) is 39.6. The first-order valence-electron chi connectivity index (χ1n) is 20.1. The van der Waals surface area contributed by atoms with Crippen LogP contribution in [0.15, 0.2) is 215 Å². The van der Waals surface area contributed by atoms with Crippen LogP contribution in [0.25, 0.3) is 98.0 Å². The molecule has 0 unspecified atom stereocenters. The van der Waals surface area contributed by atoms with E-state index in [9.17, 15) is 0 Å². The zero-order valence-corrected chi connectivity index (χ0v) is 33.1. The zero-order valence-electron chi connectivity index (χ0n) is 32.2. The molecule has 5 heteroatoms. The van der Waals surface area contributed by atoms with Crippen molar-refractivity contribution in [1.29, 1.82) is 0 Å². The van der Waals surface area contributed by atoms with E-state index in [0.29, 0.717) is 5.89 Å². The van der Waals surface area contributed by atoms with Gasteiger partial charge in [0.15, 0.2) is 5.58 Å². The number of nitrogens with zero attached hydrogens (tertiary/aromatic N) is 2. The first-order chi connectivity index (χ1) is 29.7. The predicted molar refractivity (Wildman–Crippen MR) is 251 cm³/mol. The Morgan fingerprint density at radius 3 is 1.83 bits per heavy atom. The van der Waals surface area contributed by atoms with Gasteiger partial charge in [0.05, 0.1) is 5.39 Å². The molecule has 0 spiro atoms. The lowest BCUT2D eigenvalue weighted by molar-refractivity contribution is 0.620. The summed E-state index contributed by atoms with van der Waals surface area (Å²) in [6, 6.07) is 72.7. The second kappa shape index (κ2) is 14.0. The number of benzene rings is 9. The van der Waals surface area contributed by atoms with Gasteiger partial charge in [0.1, 0.15) is 16.7 Å². The molecule has 9 aromatic carbocycles. The third-order valence-corrected chi connectivity index (χ3v) is 12.7. The molecule has 0 N–H and O–H groups in total. The number of furan rings is 1. The number of para-hydroxylation sites is 1. The van der Waals surface area contributed by atoms with Gasteiger partial charge in [0.2, 0.25) is 5.89 Å². The van der Waals surface area contributed by atoms with E-state index in [1.54, 1.807) is 0 Å². The molecule has 3 heterocycles. The van der Waals surface area contributed by atoms with E-state index in [2.05, 4.69) is 163 Å². The second-order valence-corrected chi connectivity index (χ2v) is 16.1. The molecular formula is C55H34N2O2S. The SMILES string of the molecule is c1ccc(-c2cccc(N(c3ccc(-c4cccc5c4sc4ccccc45)cc3)c3cccc(-c4cc5oc6ccccc6c5c5nc(-c6ccccc6)oc45)c3)c2)cc1. The number of hydrogen-bond donors (Lipinski definition) is 0. The number of aromatic nitrogens is 1. The Hall–Kier alpha value is -7.73. The van der Waals surface area contributed by atoms with Gasteiger partial charge >= 0.3 is 0 Å². The summed E-state index contributed by atoms with van der Waals surface area (Å²) in [4.78, 5) is 7.48. The molecule has 0 aliphatic heterocycles. The normalized spacial score (nSPS) is 11.7. The first kappa shape index (κ1) is 34.3. The average Bonchev–Trinajstić information content (AvgIpc) is 4.04. The van der Waals surface area contributed by atoms with Gasteiger partial charge in [0, 0.05) is 53.7 Å². The number of thiophene rings is 1. The molecule has 0 saturated carbocycles. The van der Waals surface area contributed by atoms with Crippen molar-refractivity contribution in [2.24, 2.45) is 0 Å². The summed E-state index contributed by atoms with van der Waals surface area (Å²) in [5.74, 6) is 0.576. The fourth-order valence-corrected chi connectivity index (χ4v) is 9.92. The van der Waals surface area contributed by atoms with Crippen LogP contribution in [0, 0.1) is 0 Å². The van der Waals surface area contributed by atoms with Crippen LogP contribution in [-0.4, -0.2) is 4.98 Å². The molecule has 0 amide bonds. The van der Waals surface area contributed by atoms with Crippen LogP contribution in [0.3, 0.4) is 0 Å². The summed E-state index contributed by atoms with van der Waals surface area (Å²) >= 11 is 1.86. The third kappa shape index (κ3) is 5.70. The Kier molecular flexibility index (Phi) is 8.00. The van der Waals surface area contributed by atoms with Crippen molar-refractivity contribution in [3.05, 3.63) is 206 Å².